The van der Waals surface area contributed by atoms with Crippen LogP contribution in [0.3, 0.4) is 0 Å². The first kappa shape index (κ1) is 15.9. The summed E-state index contributed by atoms with van der Waals surface area (Å²) in [4.78, 5) is 2.37. The Morgan fingerprint density at radius 3 is 2.22 bits per heavy atom. The van der Waals surface area contributed by atoms with Gasteiger partial charge in [0, 0.05) is 6.54 Å². The summed E-state index contributed by atoms with van der Waals surface area (Å²) in [5.41, 5.74) is 0.422. The van der Waals surface area contributed by atoms with E-state index in [2.05, 4.69) is 25.7 Å². The van der Waals surface area contributed by atoms with Gasteiger partial charge in [-0.25, -0.2) is 0 Å². The molecule has 0 amide bonds. The maximum absolute atomic E-state index is 9.91. The average Bonchev–Trinajstić information content (AvgIpc) is 2.26. The highest BCUT2D eigenvalue weighted by atomic mass is 16.5. The zero-order valence-electron chi connectivity index (χ0n) is 12.8. The summed E-state index contributed by atoms with van der Waals surface area (Å²) >= 11 is 0. The highest BCUT2D eigenvalue weighted by molar-refractivity contribution is 4.81. The van der Waals surface area contributed by atoms with Gasteiger partial charge in [0.25, 0.3) is 0 Å². The molecule has 18 heavy (non-hydrogen) atoms. The van der Waals surface area contributed by atoms with Crippen molar-refractivity contribution in [2.45, 2.75) is 59.7 Å². The van der Waals surface area contributed by atoms with Crippen LogP contribution in [0, 0.1) is 11.3 Å². The third kappa shape index (κ3) is 5.68. The van der Waals surface area contributed by atoms with Crippen LogP contribution in [0.2, 0.25) is 0 Å². The first-order chi connectivity index (χ1) is 8.29. The molecule has 1 aliphatic rings. The molecule has 1 fully saturated rings. The number of ether oxygens (including phenoxy) is 1. The van der Waals surface area contributed by atoms with Crippen LogP contribution >= 0.6 is 0 Å². The second-order valence-corrected chi connectivity index (χ2v) is 6.98. The van der Waals surface area contributed by atoms with Gasteiger partial charge in [-0.2, -0.15) is 0 Å². The number of β-amino-alcohol motifs (C(OH)–C–C–N with tert-alkyl or cyclic N) is 1. The van der Waals surface area contributed by atoms with Gasteiger partial charge >= 0.3 is 0 Å². The first-order valence-electron chi connectivity index (χ1n) is 7.31. The lowest BCUT2D eigenvalue weighted by Crippen LogP contribution is -2.42. The van der Waals surface area contributed by atoms with Crippen molar-refractivity contribution in [3.63, 3.8) is 0 Å². The van der Waals surface area contributed by atoms with Gasteiger partial charge in [0.1, 0.15) is 0 Å². The van der Waals surface area contributed by atoms with Gasteiger partial charge in [-0.3, -0.25) is 0 Å². The van der Waals surface area contributed by atoms with E-state index >= 15 is 0 Å². The van der Waals surface area contributed by atoms with E-state index in [0.717, 1.165) is 25.6 Å². The van der Waals surface area contributed by atoms with E-state index in [0.29, 0.717) is 12.0 Å². The van der Waals surface area contributed by atoms with Gasteiger partial charge in [-0.15, -0.1) is 0 Å². The van der Waals surface area contributed by atoms with E-state index in [1.54, 1.807) is 0 Å². The summed E-state index contributed by atoms with van der Waals surface area (Å²) < 4.78 is 5.44. The van der Waals surface area contributed by atoms with Crippen molar-refractivity contribution in [1.82, 2.24) is 4.90 Å². The molecule has 1 heterocycles. The number of aliphatic hydroxyl groups is 1. The largest absolute Gasteiger partial charge is 0.389 e. The molecule has 0 radical (unpaired) electrons. The fourth-order valence-electron chi connectivity index (χ4n) is 2.64. The van der Waals surface area contributed by atoms with Gasteiger partial charge in [0.05, 0.1) is 18.8 Å². The van der Waals surface area contributed by atoms with Crippen LogP contribution in [-0.2, 0) is 4.74 Å². The lowest BCUT2D eigenvalue weighted by molar-refractivity contribution is -0.0153. The van der Waals surface area contributed by atoms with Gasteiger partial charge in [-0.05, 0) is 51.1 Å². The Morgan fingerprint density at radius 1 is 1.22 bits per heavy atom. The Morgan fingerprint density at radius 2 is 1.78 bits per heavy atom. The zero-order chi connectivity index (χ0) is 13.8. The standard InChI is InChI=1S/C15H31NO2/c1-12(2)18-11-14(17)10-16-8-6-13(7-9-16)15(3,4)5/h12-14,17H,6-11H2,1-5H3. The van der Waals surface area contributed by atoms with E-state index in [1.165, 1.54) is 12.8 Å². The van der Waals surface area contributed by atoms with E-state index in [4.69, 9.17) is 4.74 Å². The van der Waals surface area contributed by atoms with Crippen molar-refractivity contribution in [3.05, 3.63) is 0 Å². The van der Waals surface area contributed by atoms with Crippen LogP contribution in [-0.4, -0.2) is 48.5 Å². The molecule has 108 valence electrons. The van der Waals surface area contributed by atoms with Gasteiger partial charge < -0.3 is 14.7 Å². The highest BCUT2D eigenvalue weighted by Gasteiger charge is 2.29. The smallest absolute Gasteiger partial charge is 0.0900 e. The molecule has 0 aliphatic carbocycles. The van der Waals surface area contributed by atoms with E-state index in [9.17, 15) is 5.11 Å². The molecule has 0 aromatic rings. The summed E-state index contributed by atoms with van der Waals surface area (Å²) in [5.74, 6) is 0.817. The predicted molar refractivity (Wildman–Crippen MR) is 75.7 cm³/mol. The lowest BCUT2D eigenvalue weighted by Gasteiger charge is -2.39. The summed E-state index contributed by atoms with van der Waals surface area (Å²) in [5, 5.41) is 9.91. The van der Waals surface area contributed by atoms with Crippen molar-refractivity contribution in [2.24, 2.45) is 11.3 Å². The molecule has 3 heteroatoms. The highest BCUT2D eigenvalue weighted by Crippen LogP contribution is 2.34. The Bertz CT molecular complexity index is 227. The van der Waals surface area contributed by atoms with Crippen molar-refractivity contribution < 1.29 is 9.84 Å². The minimum Gasteiger partial charge on any atom is -0.389 e. The fourth-order valence-corrected chi connectivity index (χ4v) is 2.64. The van der Waals surface area contributed by atoms with Crippen LogP contribution in [0.1, 0.15) is 47.5 Å². The van der Waals surface area contributed by atoms with Gasteiger partial charge in [-0.1, -0.05) is 20.8 Å². The lowest BCUT2D eigenvalue weighted by atomic mass is 9.75. The molecule has 3 nitrogen and oxygen atoms in total. The maximum atomic E-state index is 9.91. The molecule has 0 aromatic heterocycles. The van der Waals surface area contributed by atoms with Crippen molar-refractivity contribution >= 4 is 0 Å². The third-order valence-electron chi connectivity index (χ3n) is 3.90. The predicted octanol–water partition coefficient (Wildman–Crippen LogP) is 2.53. The summed E-state index contributed by atoms with van der Waals surface area (Å²) in [6.45, 7) is 14.4. The summed E-state index contributed by atoms with van der Waals surface area (Å²) in [6, 6.07) is 0. The number of hydrogen-bond donors (Lipinski definition) is 1. The number of aliphatic hydroxyl groups excluding tert-OH is 1. The van der Waals surface area contributed by atoms with Crippen molar-refractivity contribution in [1.29, 1.82) is 0 Å². The maximum Gasteiger partial charge on any atom is 0.0900 e. The van der Waals surface area contributed by atoms with Crippen LogP contribution in [0.4, 0.5) is 0 Å². The van der Waals surface area contributed by atoms with Crippen molar-refractivity contribution in [2.75, 3.05) is 26.2 Å². The van der Waals surface area contributed by atoms with Crippen LogP contribution in [0.5, 0.6) is 0 Å². The molecule has 0 aromatic carbocycles. The molecular formula is C15H31NO2. The Labute approximate surface area is 113 Å². The molecule has 1 unspecified atom stereocenters. The second-order valence-electron chi connectivity index (χ2n) is 6.98. The van der Waals surface area contributed by atoms with Crippen LogP contribution < -0.4 is 0 Å². The topological polar surface area (TPSA) is 32.7 Å². The number of rotatable bonds is 5. The minimum absolute atomic E-state index is 0.200. The Balaban J connectivity index is 2.23. The molecular weight excluding hydrogens is 226 g/mol. The number of piperidine rings is 1. The van der Waals surface area contributed by atoms with Gasteiger partial charge in [0.15, 0.2) is 0 Å². The normalized spacial score (nSPS) is 21.5. The number of likely N-dealkylation sites (tertiary alicyclic amines) is 1. The number of hydrogen-bond acceptors (Lipinski definition) is 3. The van der Waals surface area contributed by atoms with Gasteiger partial charge in [0.2, 0.25) is 0 Å². The molecule has 0 bridgehead atoms. The molecule has 0 saturated carbocycles. The minimum atomic E-state index is -0.349. The monoisotopic (exact) mass is 257 g/mol. The summed E-state index contributed by atoms with van der Waals surface area (Å²) in [6.07, 6.45) is 2.35. The quantitative estimate of drug-likeness (QED) is 0.821. The average molecular weight is 257 g/mol. The second kappa shape index (κ2) is 6.88. The van der Waals surface area contributed by atoms with Crippen LogP contribution in [0.25, 0.3) is 0 Å². The first-order valence-corrected chi connectivity index (χ1v) is 7.31. The Hall–Kier alpha value is -0.120. The van der Waals surface area contributed by atoms with Crippen molar-refractivity contribution in [3.8, 4) is 0 Å². The molecule has 1 aliphatic heterocycles. The Kier molecular flexibility index (Phi) is 6.09. The molecule has 1 saturated heterocycles. The third-order valence-corrected chi connectivity index (χ3v) is 3.90. The van der Waals surface area contributed by atoms with E-state index in [1.807, 2.05) is 13.8 Å². The molecule has 1 rings (SSSR count). The number of nitrogens with zero attached hydrogens (tertiary/aromatic N) is 1. The SMILES string of the molecule is CC(C)OCC(O)CN1CCC(C(C)(C)C)CC1. The zero-order valence-corrected chi connectivity index (χ0v) is 12.8. The van der Waals surface area contributed by atoms with Crippen LogP contribution in [0.15, 0.2) is 0 Å². The molecule has 1 atom stereocenters. The molecule has 0 spiro atoms. The van der Waals surface area contributed by atoms with E-state index < -0.39 is 0 Å². The van der Waals surface area contributed by atoms with E-state index in [-0.39, 0.29) is 12.2 Å². The summed E-state index contributed by atoms with van der Waals surface area (Å²) in [7, 11) is 0. The fraction of sp³-hybridized carbons (Fsp3) is 1.00. The molecule has 1 N–H and O–H groups in total.